The Hall–Kier alpha value is -2.54. The van der Waals surface area contributed by atoms with E-state index in [0.29, 0.717) is 0 Å². The van der Waals surface area contributed by atoms with Gasteiger partial charge in [-0.1, -0.05) is 12.1 Å². The van der Waals surface area contributed by atoms with Crippen LogP contribution in [0.3, 0.4) is 0 Å². The summed E-state index contributed by atoms with van der Waals surface area (Å²) in [7, 11) is 0. The number of carbonyl (C=O) groups is 1. The fraction of sp³-hybridized carbons (Fsp3) is 0.188. The molecule has 0 aliphatic carbocycles. The standard InChI is InChI=1S/C16H14F3NO3/c17-13-4-2-1-3-12(13)16(22)20-8-10(21)9-23-11-5-6-14(18)15(19)7-11/h1-7,10,21H,8-9H2,(H,20,22). The molecule has 2 aromatic carbocycles. The van der Waals surface area contributed by atoms with Gasteiger partial charge in [0.15, 0.2) is 11.6 Å². The molecule has 122 valence electrons. The Morgan fingerprint density at radius 1 is 1.09 bits per heavy atom. The topological polar surface area (TPSA) is 58.6 Å². The lowest BCUT2D eigenvalue weighted by molar-refractivity contribution is 0.0840. The Balaban J connectivity index is 1.81. The lowest BCUT2D eigenvalue weighted by atomic mass is 10.2. The number of nitrogens with one attached hydrogen (secondary N) is 1. The average molecular weight is 325 g/mol. The Labute approximate surface area is 130 Å². The normalized spacial score (nSPS) is 11.8. The van der Waals surface area contributed by atoms with Gasteiger partial charge >= 0.3 is 0 Å². The number of carbonyl (C=O) groups excluding carboxylic acids is 1. The fourth-order valence-electron chi connectivity index (χ4n) is 1.77. The third-order valence-electron chi connectivity index (χ3n) is 2.95. The largest absolute Gasteiger partial charge is 0.491 e. The van der Waals surface area contributed by atoms with Gasteiger partial charge in [0.05, 0.1) is 5.56 Å². The van der Waals surface area contributed by atoms with E-state index in [0.717, 1.165) is 18.2 Å². The molecule has 7 heteroatoms. The molecule has 2 N–H and O–H groups in total. The van der Waals surface area contributed by atoms with Gasteiger partial charge in [-0.15, -0.1) is 0 Å². The molecule has 0 fully saturated rings. The van der Waals surface area contributed by atoms with Crippen molar-refractivity contribution in [2.24, 2.45) is 0 Å². The fourth-order valence-corrected chi connectivity index (χ4v) is 1.77. The average Bonchev–Trinajstić information content (AvgIpc) is 2.54. The summed E-state index contributed by atoms with van der Waals surface area (Å²) in [6.07, 6.45) is -1.10. The monoisotopic (exact) mass is 325 g/mol. The molecular weight excluding hydrogens is 311 g/mol. The van der Waals surface area contributed by atoms with Crippen molar-refractivity contribution in [2.75, 3.05) is 13.2 Å². The molecule has 1 unspecified atom stereocenters. The summed E-state index contributed by atoms with van der Waals surface area (Å²) in [5, 5.41) is 12.1. The quantitative estimate of drug-likeness (QED) is 0.857. The molecule has 1 atom stereocenters. The molecule has 0 spiro atoms. The summed E-state index contributed by atoms with van der Waals surface area (Å²) < 4.78 is 44.2. The van der Waals surface area contributed by atoms with Gasteiger partial charge in [0.25, 0.3) is 5.91 Å². The molecule has 2 rings (SSSR count). The van der Waals surface area contributed by atoms with Gasteiger partial charge in [-0.3, -0.25) is 4.79 Å². The first kappa shape index (κ1) is 16.8. The number of hydrogen-bond donors (Lipinski definition) is 2. The van der Waals surface area contributed by atoms with Crippen molar-refractivity contribution in [3.8, 4) is 5.75 Å². The Bertz CT molecular complexity index is 694. The zero-order valence-corrected chi connectivity index (χ0v) is 11.9. The van der Waals surface area contributed by atoms with Crippen LogP contribution in [0, 0.1) is 17.5 Å². The predicted octanol–water partition coefficient (Wildman–Crippen LogP) is 2.27. The van der Waals surface area contributed by atoms with Crippen LogP contribution in [0.4, 0.5) is 13.2 Å². The highest BCUT2D eigenvalue weighted by Crippen LogP contribution is 2.15. The van der Waals surface area contributed by atoms with Crippen LogP contribution in [0.5, 0.6) is 5.75 Å². The van der Waals surface area contributed by atoms with Crippen LogP contribution in [-0.2, 0) is 0 Å². The van der Waals surface area contributed by atoms with Gasteiger partial charge in [0.2, 0.25) is 0 Å². The number of ether oxygens (including phenoxy) is 1. The molecule has 1 amide bonds. The van der Waals surface area contributed by atoms with Crippen molar-refractivity contribution >= 4 is 5.91 Å². The SMILES string of the molecule is O=C(NCC(O)COc1ccc(F)c(F)c1)c1ccccc1F. The van der Waals surface area contributed by atoms with Crippen LogP contribution in [0.2, 0.25) is 0 Å². The maximum atomic E-state index is 13.4. The minimum Gasteiger partial charge on any atom is -0.491 e. The smallest absolute Gasteiger partial charge is 0.254 e. The van der Waals surface area contributed by atoms with Gasteiger partial charge in [-0.25, -0.2) is 13.2 Å². The zero-order chi connectivity index (χ0) is 16.8. The molecule has 0 saturated heterocycles. The summed E-state index contributed by atoms with van der Waals surface area (Å²) in [5.41, 5.74) is -0.138. The van der Waals surface area contributed by atoms with Crippen LogP contribution in [0.15, 0.2) is 42.5 Å². The van der Waals surface area contributed by atoms with Crippen molar-refractivity contribution in [1.82, 2.24) is 5.32 Å². The first-order chi connectivity index (χ1) is 11.0. The van der Waals surface area contributed by atoms with E-state index in [9.17, 15) is 23.1 Å². The number of hydrogen-bond acceptors (Lipinski definition) is 3. The second kappa shape index (κ2) is 7.64. The second-order valence-electron chi connectivity index (χ2n) is 4.73. The summed E-state index contributed by atoms with van der Waals surface area (Å²) in [6.45, 7) is -0.431. The summed E-state index contributed by atoms with van der Waals surface area (Å²) in [5.74, 6) is -3.37. The third-order valence-corrected chi connectivity index (χ3v) is 2.95. The Morgan fingerprint density at radius 3 is 2.52 bits per heavy atom. The van der Waals surface area contributed by atoms with Gasteiger partial charge in [-0.2, -0.15) is 0 Å². The molecule has 4 nitrogen and oxygen atoms in total. The van der Waals surface area contributed by atoms with Gasteiger partial charge in [0.1, 0.15) is 24.3 Å². The Kier molecular flexibility index (Phi) is 5.59. The highest BCUT2D eigenvalue weighted by atomic mass is 19.2. The maximum absolute atomic E-state index is 13.4. The Morgan fingerprint density at radius 2 is 1.83 bits per heavy atom. The third kappa shape index (κ3) is 4.72. The van der Waals surface area contributed by atoms with E-state index in [-0.39, 0.29) is 24.5 Å². The molecule has 0 bridgehead atoms. The van der Waals surface area contributed by atoms with Crippen LogP contribution in [-0.4, -0.2) is 30.3 Å². The van der Waals surface area contributed by atoms with Gasteiger partial charge in [0, 0.05) is 12.6 Å². The number of aliphatic hydroxyl groups is 1. The van der Waals surface area contributed by atoms with Crippen LogP contribution in [0.25, 0.3) is 0 Å². The first-order valence-corrected chi connectivity index (χ1v) is 6.76. The maximum Gasteiger partial charge on any atom is 0.254 e. The number of rotatable bonds is 6. The van der Waals surface area contributed by atoms with E-state index in [1.165, 1.54) is 24.3 Å². The van der Waals surface area contributed by atoms with E-state index in [1.807, 2.05) is 0 Å². The van der Waals surface area contributed by atoms with Crippen molar-refractivity contribution < 1.29 is 27.8 Å². The van der Waals surface area contributed by atoms with E-state index >= 15 is 0 Å². The van der Waals surface area contributed by atoms with Gasteiger partial charge < -0.3 is 15.2 Å². The predicted molar refractivity (Wildman–Crippen MR) is 76.6 cm³/mol. The van der Waals surface area contributed by atoms with Crippen molar-refractivity contribution in [3.63, 3.8) is 0 Å². The zero-order valence-electron chi connectivity index (χ0n) is 11.9. The summed E-state index contributed by atoms with van der Waals surface area (Å²) in [4.78, 5) is 11.7. The molecule has 0 aliphatic heterocycles. The second-order valence-corrected chi connectivity index (χ2v) is 4.73. The van der Waals surface area contributed by atoms with E-state index < -0.39 is 29.5 Å². The lowest BCUT2D eigenvalue weighted by Gasteiger charge is -2.13. The van der Waals surface area contributed by atoms with Crippen molar-refractivity contribution in [1.29, 1.82) is 0 Å². The molecule has 0 saturated carbocycles. The number of halogens is 3. The molecule has 0 radical (unpaired) electrons. The summed E-state index contributed by atoms with van der Waals surface area (Å²) in [6, 6.07) is 8.39. The van der Waals surface area contributed by atoms with Crippen molar-refractivity contribution in [2.45, 2.75) is 6.10 Å². The molecular formula is C16H14F3NO3. The van der Waals surface area contributed by atoms with Crippen molar-refractivity contribution in [3.05, 3.63) is 65.5 Å². The molecule has 0 heterocycles. The molecule has 2 aromatic rings. The van der Waals surface area contributed by atoms with Crippen LogP contribution in [0.1, 0.15) is 10.4 Å². The highest BCUT2D eigenvalue weighted by molar-refractivity contribution is 5.94. The number of amides is 1. The van der Waals surface area contributed by atoms with Crippen LogP contribution < -0.4 is 10.1 Å². The van der Waals surface area contributed by atoms with Crippen LogP contribution >= 0.6 is 0 Å². The molecule has 23 heavy (non-hydrogen) atoms. The van der Waals surface area contributed by atoms with E-state index in [2.05, 4.69) is 5.32 Å². The first-order valence-electron chi connectivity index (χ1n) is 6.76. The molecule has 0 aromatic heterocycles. The number of aliphatic hydroxyl groups excluding tert-OH is 1. The van der Waals surface area contributed by atoms with E-state index in [1.54, 1.807) is 0 Å². The minimum absolute atomic E-state index is 0.0448. The lowest BCUT2D eigenvalue weighted by Crippen LogP contribution is -2.35. The summed E-state index contributed by atoms with van der Waals surface area (Å²) >= 11 is 0. The number of benzene rings is 2. The highest BCUT2D eigenvalue weighted by Gasteiger charge is 2.13. The van der Waals surface area contributed by atoms with Gasteiger partial charge in [-0.05, 0) is 24.3 Å². The minimum atomic E-state index is -1.10. The molecule has 0 aliphatic rings. The van der Waals surface area contributed by atoms with E-state index in [4.69, 9.17) is 4.74 Å².